The average Bonchev–Trinajstić information content (AvgIpc) is 2.69. The lowest BCUT2D eigenvalue weighted by molar-refractivity contribution is -0.131. The van der Waals surface area contributed by atoms with Gasteiger partial charge in [0.1, 0.15) is 5.82 Å². The Morgan fingerprint density at radius 3 is 2.48 bits per heavy atom. The topological polar surface area (TPSA) is 50.8 Å². The van der Waals surface area contributed by atoms with Crippen LogP contribution in [0, 0.1) is 11.7 Å². The Hall–Kier alpha value is -1.50. The Kier molecular flexibility index (Phi) is 6.84. The maximum Gasteiger partial charge on any atom is 0.230 e. The van der Waals surface area contributed by atoms with Gasteiger partial charge in [-0.25, -0.2) is 4.39 Å². The molecule has 27 heavy (non-hydrogen) atoms. The second kappa shape index (κ2) is 9.13. The van der Waals surface area contributed by atoms with Gasteiger partial charge in [0.05, 0.1) is 18.6 Å². The van der Waals surface area contributed by atoms with Crippen molar-refractivity contribution in [3.8, 4) is 0 Å². The SMILES string of the molecule is CC(C)[C@H](CNC(=O)C1(c2cccc(F)c2)CCOCC1)N1CCOCC1. The van der Waals surface area contributed by atoms with Crippen molar-refractivity contribution >= 4 is 5.91 Å². The molecule has 3 rings (SSSR count). The minimum atomic E-state index is -0.715. The summed E-state index contributed by atoms with van der Waals surface area (Å²) in [5.41, 5.74) is 0.0307. The van der Waals surface area contributed by atoms with Gasteiger partial charge in [-0.2, -0.15) is 0 Å². The van der Waals surface area contributed by atoms with Crippen LogP contribution in [-0.2, 0) is 19.7 Å². The van der Waals surface area contributed by atoms with Gasteiger partial charge in [0.15, 0.2) is 0 Å². The largest absolute Gasteiger partial charge is 0.381 e. The lowest BCUT2D eigenvalue weighted by Crippen LogP contribution is -2.54. The number of benzene rings is 1. The summed E-state index contributed by atoms with van der Waals surface area (Å²) in [6.07, 6.45) is 1.15. The van der Waals surface area contributed by atoms with Crippen LogP contribution in [0.1, 0.15) is 32.3 Å². The molecule has 1 aromatic carbocycles. The normalized spacial score (nSPS) is 21.8. The number of nitrogens with zero attached hydrogens (tertiary/aromatic N) is 1. The molecule has 0 aliphatic carbocycles. The number of hydrogen-bond donors (Lipinski definition) is 1. The van der Waals surface area contributed by atoms with Crippen molar-refractivity contribution < 1.29 is 18.7 Å². The highest BCUT2D eigenvalue weighted by atomic mass is 19.1. The van der Waals surface area contributed by atoms with Crippen LogP contribution in [0.4, 0.5) is 4.39 Å². The Bertz CT molecular complexity index is 626. The molecule has 1 atom stereocenters. The summed E-state index contributed by atoms with van der Waals surface area (Å²) < 4.78 is 24.8. The minimum Gasteiger partial charge on any atom is -0.381 e. The van der Waals surface area contributed by atoms with Crippen LogP contribution in [0.15, 0.2) is 24.3 Å². The van der Waals surface area contributed by atoms with Gasteiger partial charge in [0.2, 0.25) is 5.91 Å². The molecular weight excluding hydrogens is 347 g/mol. The first kappa shape index (κ1) is 20.2. The number of carbonyl (C=O) groups is 1. The monoisotopic (exact) mass is 378 g/mol. The summed E-state index contributed by atoms with van der Waals surface area (Å²) in [6, 6.07) is 6.71. The smallest absolute Gasteiger partial charge is 0.230 e. The molecule has 2 fully saturated rings. The van der Waals surface area contributed by atoms with E-state index in [-0.39, 0.29) is 17.8 Å². The fourth-order valence-corrected chi connectivity index (χ4v) is 4.21. The molecule has 0 spiro atoms. The summed E-state index contributed by atoms with van der Waals surface area (Å²) in [7, 11) is 0. The molecule has 2 aliphatic heterocycles. The van der Waals surface area contributed by atoms with Crippen LogP contribution in [-0.4, -0.2) is 62.9 Å². The van der Waals surface area contributed by atoms with Crippen LogP contribution in [0.2, 0.25) is 0 Å². The van der Waals surface area contributed by atoms with Gasteiger partial charge >= 0.3 is 0 Å². The van der Waals surface area contributed by atoms with E-state index in [1.807, 2.05) is 6.07 Å². The van der Waals surface area contributed by atoms with E-state index in [4.69, 9.17) is 9.47 Å². The number of hydrogen-bond acceptors (Lipinski definition) is 4. The zero-order valence-corrected chi connectivity index (χ0v) is 16.4. The van der Waals surface area contributed by atoms with Crippen LogP contribution < -0.4 is 5.32 Å². The number of halogens is 1. The predicted octanol–water partition coefficient (Wildman–Crippen LogP) is 2.35. The zero-order valence-electron chi connectivity index (χ0n) is 16.4. The average molecular weight is 378 g/mol. The molecule has 6 heteroatoms. The van der Waals surface area contributed by atoms with E-state index in [0.717, 1.165) is 31.9 Å². The van der Waals surface area contributed by atoms with Crippen molar-refractivity contribution in [2.45, 2.75) is 38.1 Å². The molecule has 0 unspecified atom stereocenters. The summed E-state index contributed by atoms with van der Waals surface area (Å²) in [4.78, 5) is 15.7. The fourth-order valence-electron chi connectivity index (χ4n) is 4.21. The molecule has 1 aromatic rings. The van der Waals surface area contributed by atoms with E-state index in [2.05, 4.69) is 24.1 Å². The van der Waals surface area contributed by atoms with Crippen LogP contribution in [0.25, 0.3) is 0 Å². The van der Waals surface area contributed by atoms with Crippen molar-refractivity contribution in [3.05, 3.63) is 35.6 Å². The zero-order chi connectivity index (χ0) is 19.3. The van der Waals surface area contributed by atoms with Crippen molar-refractivity contribution in [1.29, 1.82) is 0 Å². The fraction of sp³-hybridized carbons (Fsp3) is 0.667. The van der Waals surface area contributed by atoms with Crippen LogP contribution in [0.3, 0.4) is 0 Å². The van der Waals surface area contributed by atoms with Gasteiger partial charge in [-0.1, -0.05) is 26.0 Å². The molecule has 2 aliphatic rings. The van der Waals surface area contributed by atoms with Gasteiger partial charge in [0, 0.05) is 38.9 Å². The quantitative estimate of drug-likeness (QED) is 0.826. The molecule has 2 heterocycles. The van der Waals surface area contributed by atoms with E-state index in [1.165, 1.54) is 12.1 Å². The molecule has 1 N–H and O–H groups in total. The first-order chi connectivity index (χ1) is 13.0. The standard InChI is InChI=1S/C21H31FN2O3/c1-16(2)19(24-8-12-27-13-9-24)15-23-20(25)21(6-10-26-11-7-21)17-4-3-5-18(22)14-17/h3-5,14,16,19H,6-13,15H2,1-2H3,(H,23,25)/t19-/m0/s1. The number of carbonyl (C=O) groups excluding carboxylic acids is 1. The summed E-state index contributed by atoms with van der Waals surface area (Å²) in [5.74, 6) is 0.0954. The molecule has 0 saturated carbocycles. The third-order valence-electron chi connectivity index (χ3n) is 5.91. The number of morpholine rings is 1. The van der Waals surface area contributed by atoms with E-state index in [1.54, 1.807) is 6.07 Å². The summed E-state index contributed by atoms with van der Waals surface area (Å²) in [5, 5.41) is 3.19. The molecule has 0 bridgehead atoms. The molecule has 2 saturated heterocycles. The number of ether oxygens (including phenoxy) is 2. The van der Waals surface area contributed by atoms with Gasteiger partial charge in [-0.05, 0) is 36.5 Å². The minimum absolute atomic E-state index is 0.0182. The first-order valence-electron chi connectivity index (χ1n) is 9.97. The third kappa shape index (κ3) is 4.68. The Morgan fingerprint density at radius 2 is 1.85 bits per heavy atom. The van der Waals surface area contributed by atoms with Gasteiger partial charge < -0.3 is 14.8 Å². The number of rotatable bonds is 6. The molecule has 0 radical (unpaired) electrons. The van der Waals surface area contributed by atoms with E-state index < -0.39 is 5.41 Å². The molecule has 150 valence electrons. The number of amides is 1. The lowest BCUT2D eigenvalue weighted by atomic mass is 9.73. The predicted molar refractivity (Wildman–Crippen MR) is 102 cm³/mol. The number of nitrogens with one attached hydrogen (secondary N) is 1. The maximum atomic E-state index is 13.8. The van der Waals surface area contributed by atoms with E-state index in [9.17, 15) is 9.18 Å². The Labute approximate surface area is 161 Å². The van der Waals surface area contributed by atoms with Crippen molar-refractivity contribution in [2.75, 3.05) is 46.1 Å². The van der Waals surface area contributed by atoms with Crippen LogP contribution >= 0.6 is 0 Å². The first-order valence-corrected chi connectivity index (χ1v) is 9.97. The second-order valence-electron chi connectivity index (χ2n) is 7.87. The lowest BCUT2D eigenvalue weighted by Gasteiger charge is -2.39. The third-order valence-corrected chi connectivity index (χ3v) is 5.91. The second-order valence-corrected chi connectivity index (χ2v) is 7.87. The highest BCUT2D eigenvalue weighted by Crippen LogP contribution is 2.35. The van der Waals surface area contributed by atoms with Gasteiger partial charge in [0.25, 0.3) is 0 Å². The maximum absolute atomic E-state index is 13.8. The van der Waals surface area contributed by atoms with E-state index >= 15 is 0 Å². The Morgan fingerprint density at radius 1 is 1.19 bits per heavy atom. The molecule has 1 amide bonds. The highest BCUT2D eigenvalue weighted by Gasteiger charge is 2.42. The van der Waals surface area contributed by atoms with Gasteiger partial charge in [-0.3, -0.25) is 9.69 Å². The van der Waals surface area contributed by atoms with Crippen molar-refractivity contribution in [2.24, 2.45) is 5.92 Å². The molecular formula is C21H31FN2O3. The molecule has 0 aromatic heterocycles. The van der Waals surface area contributed by atoms with Crippen molar-refractivity contribution in [3.63, 3.8) is 0 Å². The van der Waals surface area contributed by atoms with E-state index in [0.29, 0.717) is 38.5 Å². The van der Waals surface area contributed by atoms with Gasteiger partial charge in [-0.15, -0.1) is 0 Å². The molecule has 5 nitrogen and oxygen atoms in total. The highest BCUT2D eigenvalue weighted by molar-refractivity contribution is 5.88. The van der Waals surface area contributed by atoms with Crippen molar-refractivity contribution in [1.82, 2.24) is 10.2 Å². The van der Waals surface area contributed by atoms with Crippen LogP contribution in [0.5, 0.6) is 0 Å². The Balaban J connectivity index is 1.74. The summed E-state index contributed by atoms with van der Waals surface area (Å²) >= 11 is 0. The summed E-state index contributed by atoms with van der Waals surface area (Å²) in [6.45, 7) is 9.25.